The average Bonchev–Trinajstić information content (AvgIpc) is 1.01. The van der Waals surface area contributed by atoms with Crippen LogP contribution < -0.4 is 144 Å². The third-order valence-electron chi connectivity index (χ3n) is 21.0. The molecule has 6 fully saturated rings. The smallest absolute Gasteiger partial charge is 1.00 e. The molecule has 0 aromatic carbocycles. The van der Waals surface area contributed by atoms with Crippen molar-refractivity contribution in [2.75, 3.05) is 66.1 Å². The quantitative estimate of drug-likeness (QED) is 0.0259. The largest absolute Gasteiger partial charge is 1.00 e. The fourth-order valence-corrected chi connectivity index (χ4v) is 12.6. The molecule has 27 atom stereocenters. The van der Waals surface area contributed by atoms with Gasteiger partial charge in [0.15, 0.2) is 18.7 Å². The summed E-state index contributed by atoms with van der Waals surface area (Å²) in [5.74, 6) is -6.85. The number of likely N-dealkylation sites (N-methyl/N-ethyl adjacent to an activating group) is 1. The molecule has 133 heavy (non-hydrogen) atoms. The third-order valence-corrected chi connectivity index (χ3v) is 21.0. The van der Waals surface area contributed by atoms with E-state index in [4.69, 9.17) is 52.7 Å². The molecule has 0 saturated carbocycles. The monoisotopic (exact) mass is 1940 g/mol. The van der Waals surface area contributed by atoms with Gasteiger partial charge in [-0.25, -0.2) is 0 Å². The molecule has 33 N–H and O–H groups in total. The summed E-state index contributed by atoms with van der Waals surface area (Å²) in [7, 11) is 1.49. The molecule has 53 heteroatoms. The second kappa shape index (κ2) is 64.8. The van der Waals surface area contributed by atoms with Gasteiger partial charge in [-0.05, 0) is 114 Å². The zero-order valence-corrected chi connectivity index (χ0v) is 80.8. The molecule has 27 unspecified atom stereocenters. The maximum absolute atomic E-state index is 12.5. The summed E-state index contributed by atoms with van der Waals surface area (Å²) in [5, 5.41) is 138. The van der Waals surface area contributed by atoms with Gasteiger partial charge < -0.3 is 184 Å². The number of amides is 17. The Morgan fingerprint density at radius 2 is 0.669 bits per heavy atom. The second-order valence-electron chi connectivity index (χ2n) is 32.0. The van der Waals surface area contributed by atoms with Crippen LogP contribution in [0.25, 0.3) is 0 Å². The van der Waals surface area contributed by atoms with Crippen LogP contribution in [0.5, 0.6) is 0 Å². The van der Waals surface area contributed by atoms with E-state index in [-0.39, 0.29) is 126 Å². The molecule has 0 radical (unpaired) electrons. The number of ether oxygens (including phenoxy) is 4. The van der Waals surface area contributed by atoms with Crippen LogP contribution in [0.4, 0.5) is 0 Å². The molecule has 6 heterocycles. The van der Waals surface area contributed by atoms with Crippen molar-refractivity contribution in [2.24, 2.45) is 28.7 Å². The maximum atomic E-state index is 12.5. The fraction of sp³-hybridized carbons (Fsp3) is 0.787. The molecule has 17 amide bonds. The van der Waals surface area contributed by atoms with Gasteiger partial charge in [0.2, 0.25) is 100 Å². The summed E-state index contributed by atoms with van der Waals surface area (Å²) in [4.78, 5) is 202. The number of nitrogens with zero attached hydrogens (tertiary/aromatic N) is 3. The Kier molecular flexibility index (Phi) is 61.9. The predicted molar refractivity (Wildman–Crippen MR) is 467 cm³/mol. The number of rotatable bonds is 36. The van der Waals surface area contributed by atoms with Crippen molar-refractivity contribution in [3.05, 3.63) is 0 Å². The third kappa shape index (κ3) is 44.3. The first-order chi connectivity index (χ1) is 61.2. The molecule has 52 nitrogen and oxygen atoms in total. The average molecular weight is 1940 g/mol. The van der Waals surface area contributed by atoms with E-state index in [9.17, 15) is 133 Å². The summed E-state index contributed by atoms with van der Waals surface area (Å²) in [6.07, 6.45) is -17.7. The molecule has 0 spiro atoms. The molecular weight excluding hydrogens is 1790 g/mol. The van der Waals surface area contributed by atoms with Crippen LogP contribution in [0.2, 0.25) is 0 Å². The van der Waals surface area contributed by atoms with Crippen molar-refractivity contribution >= 4 is 100 Å². The van der Waals surface area contributed by atoms with Gasteiger partial charge in [-0.1, -0.05) is 28.2 Å². The number of nitrogens with two attached hydrogens (primary N) is 5. The first kappa shape index (κ1) is 127. The number of hydrogen-bond donors (Lipinski definition) is 28. The van der Waals surface area contributed by atoms with Crippen LogP contribution in [0.3, 0.4) is 0 Å². The zero-order valence-electron chi connectivity index (χ0n) is 78.7. The Morgan fingerprint density at radius 1 is 0.368 bits per heavy atom. The van der Waals surface area contributed by atoms with E-state index in [1.165, 1.54) is 34.7 Å². The van der Waals surface area contributed by atoms with Crippen molar-refractivity contribution in [1.29, 1.82) is 0 Å². The molecule has 0 aliphatic carbocycles. The Balaban J connectivity index is -0.00000162. The summed E-state index contributed by atoms with van der Waals surface area (Å²) in [5.41, 5.74) is 27.0. The molecule has 6 aliphatic rings. The van der Waals surface area contributed by atoms with Gasteiger partial charge in [0, 0.05) is 72.0 Å². The van der Waals surface area contributed by atoms with Crippen LogP contribution in [-0.2, 0) is 100 Å². The standard InChI is InChI=1S/C24H42N4O13.C17H30N4O8.C10H19N3O3.C10H19N3O2.2C9H17N3O3.CH4.K.H/c1-10(23(38)28-6-2-3-7-28)26-21(37)11(25)4-5-14(31)27-22-18(35)17(34)20(13(9-30)39-22)41-24-19(36)16(33)15(32)12(8-29)40-24;1-8(17(28)21-4-2-3-5-21)19-15(27)9(18)6-11(23)20-16-14(26)13(25)12(24)10(7-22)29-16;1-5-8(14)12-7(3)10(16)13-6(2)9(15)11-4;1-7(11)9(14)12-8(2)10(15)13-5-3-4-6-13;2*1-4-7(13)11-6(3)9(15)12-5(2)8(10)14;;;/h10-13,15-20,22,24,29-30,32-36H,2-9,25H2,1H3,(H,26,37)(H,27,31);8-10,12-14,16,22,24-26H,2-7,18H2,1H3,(H,19,27)(H,20,23);6-7H,5H2,1-4H3,(H,11,15)(H,12,14)(H,13,16);7-8H,3-6,11H2,1-2H3,(H,12,14);2*5-6H,4H2,1-3H3,(H2,10,14)(H,11,13)(H,12,15);1H4;;/q;;;;;;;+1;-1. The van der Waals surface area contributed by atoms with E-state index in [0.717, 1.165) is 51.6 Å². The first-order valence-corrected chi connectivity index (χ1v) is 43.4. The summed E-state index contributed by atoms with van der Waals surface area (Å²) in [6.45, 7) is 22.7. The number of nitrogens with one attached hydrogen (secondary N) is 12. The second-order valence-corrected chi connectivity index (χ2v) is 32.0. The number of aliphatic hydroxyl groups excluding tert-OH is 11. The summed E-state index contributed by atoms with van der Waals surface area (Å²) in [6, 6.07) is -9.03. The molecule has 6 saturated heterocycles. The minimum absolute atomic E-state index is 0. The molecule has 6 rings (SSSR count). The van der Waals surface area contributed by atoms with E-state index in [1.807, 2.05) is 0 Å². The van der Waals surface area contributed by atoms with E-state index in [1.54, 1.807) is 77.0 Å². The number of primary amides is 2. The van der Waals surface area contributed by atoms with Crippen molar-refractivity contribution < 1.29 is 209 Å². The van der Waals surface area contributed by atoms with E-state index in [2.05, 4.69) is 63.8 Å². The van der Waals surface area contributed by atoms with Gasteiger partial charge in [-0.2, -0.15) is 0 Å². The van der Waals surface area contributed by atoms with Crippen molar-refractivity contribution in [2.45, 2.75) is 339 Å². The molecule has 0 bridgehead atoms. The first-order valence-electron chi connectivity index (χ1n) is 43.4. The molecule has 6 aliphatic heterocycles. The number of aliphatic hydroxyl groups is 11. The van der Waals surface area contributed by atoms with E-state index >= 15 is 0 Å². The normalized spacial score (nSPS) is 25.4. The minimum Gasteiger partial charge on any atom is -1.00 e. The number of carbonyl (C=O) groups is 17. The maximum Gasteiger partial charge on any atom is 1.00 e. The molecule has 0 aromatic rings. The van der Waals surface area contributed by atoms with Gasteiger partial charge in [-0.3, -0.25) is 81.5 Å². The van der Waals surface area contributed by atoms with Crippen LogP contribution in [0.1, 0.15) is 176 Å². The molecule has 762 valence electrons. The van der Waals surface area contributed by atoms with Crippen molar-refractivity contribution in [1.82, 2.24) is 78.5 Å². The Hall–Kier alpha value is -8.09. The van der Waals surface area contributed by atoms with Crippen LogP contribution in [0.15, 0.2) is 0 Å². The van der Waals surface area contributed by atoms with Crippen LogP contribution in [0, 0.1) is 0 Å². The van der Waals surface area contributed by atoms with Gasteiger partial charge in [-0.15, -0.1) is 0 Å². The fourth-order valence-electron chi connectivity index (χ4n) is 12.6. The summed E-state index contributed by atoms with van der Waals surface area (Å²) < 4.78 is 21.4. The Morgan fingerprint density at radius 3 is 1.01 bits per heavy atom. The summed E-state index contributed by atoms with van der Waals surface area (Å²) >= 11 is 0. The van der Waals surface area contributed by atoms with E-state index < -0.39 is 238 Å². The molecular formula is C80H149KN20O32. The van der Waals surface area contributed by atoms with E-state index in [0.29, 0.717) is 45.4 Å². The van der Waals surface area contributed by atoms with Gasteiger partial charge in [0.25, 0.3) is 0 Å². The van der Waals surface area contributed by atoms with Crippen LogP contribution >= 0.6 is 0 Å². The van der Waals surface area contributed by atoms with Gasteiger partial charge in [0.05, 0.1) is 44.4 Å². The number of likely N-dealkylation sites (tertiary alicyclic amines) is 3. The zero-order chi connectivity index (χ0) is 100. The Bertz CT molecular complexity index is 3640. The van der Waals surface area contributed by atoms with Crippen molar-refractivity contribution in [3.63, 3.8) is 0 Å². The molecule has 0 aromatic heterocycles. The van der Waals surface area contributed by atoms with Crippen LogP contribution in [-0.4, -0.2) is 402 Å². The topological polar surface area (TPSA) is 834 Å². The number of carbonyl (C=O) groups excluding carboxylic acids is 17. The van der Waals surface area contributed by atoms with Gasteiger partial charge >= 0.3 is 51.4 Å². The van der Waals surface area contributed by atoms with Crippen molar-refractivity contribution in [3.8, 4) is 0 Å². The number of hydrogen-bond acceptors (Lipinski definition) is 35. The minimum atomic E-state index is -1.81. The predicted octanol–water partition coefficient (Wildman–Crippen LogP) is -16.1. The SMILES string of the molecule is C.CC(N)C(=O)NC(C)C(=O)N1CCCC1.CC(NC(=O)C(N)CC(=O)NC1OC(CO)C(O)C(O)C1O)C(=O)N1CCCC1.CC(NC(=O)C(N)CCC(=O)NC1OC(CO)C(OC2OC(CO)C(O)C(O)C2O)C(O)C1O)C(=O)N1CCCC1.CCC(=O)NC(C)C(=O)NC(C)C(=O)NC.CCC(=O)NC(C)C(=O)NC(C)C(N)=O.CCC(=O)NC(C)C(=O)NC(C)C(N)=O.[H-].[K+]. The Labute approximate surface area is 816 Å². The van der Waals surface area contributed by atoms with Gasteiger partial charge in [0.1, 0.15) is 128 Å².